The van der Waals surface area contributed by atoms with E-state index < -0.39 is 0 Å². The molecule has 1 radical (unpaired) electrons. The van der Waals surface area contributed by atoms with Gasteiger partial charge in [-0.2, -0.15) is 0 Å². The van der Waals surface area contributed by atoms with Crippen LogP contribution in [0.5, 0.6) is 0 Å². The van der Waals surface area contributed by atoms with E-state index in [0.717, 1.165) is 33.8 Å². The molecule has 0 fully saturated rings. The molecule has 0 spiro atoms. The molecule has 0 unspecified atom stereocenters. The van der Waals surface area contributed by atoms with Gasteiger partial charge in [0.1, 0.15) is 0 Å². The fourth-order valence-electron chi connectivity index (χ4n) is 6.80. The minimum Gasteiger partial charge on any atom is -0.313 e. The molecular weight excluding hydrogens is 741 g/mol. The summed E-state index contributed by atoms with van der Waals surface area (Å²) in [5.74, 6) is 0. The second kappa shape index (κ2) is 11.2. The first-order valence-electron chi connectivity index (χ1n) is 15.1. The number of pyridine rings is 2. The maximum Gasteiger partial charge on any atom is 0.0781 e. The molecular formula is C41H26IrN4-2. The molecule has 2 aliphatic rings. The number of para-hydroxylation sites is 3. The standard InChI is InChI=1S/C30H18N3.C11H8N.Ir/c1-18-16-27-28(31-17-18)21-10-3-2-8-19(21)22-14-15-23-20-9-4-5-11-24(20)32-25-12-6-7-13-26(25)33(27)29(22)30(23)32;1-2-6-10(7-3-1)11-8-4-5-9-12-11;/h2-9,11-17H,1H3;1-6,8-9H;/q2*-1;. The molecule has 5 heteroatoms. The van der Waals surface area contributed by atoms with Crippen LogP contribution in [0.2, 0.25) is 0 Å². The van der Waals surface area contributed by atoms with Gasteiger partial charge in [-0.25, -0.2) is 0 Å². The molecule has 46 heavy (non-hydrogen) atoms. The van der Waals surface area contributed by atoms with E-state index in [0.29, 0.717) is 0 Å². The molecule has 4 nitrogen and oxygen atoms in total. The largest absolute Gasteiger partial charge is 0.313 e. The first kappa shape index (κ1) is 28.1. The first-order chi connectivity index (χ1) is 22.3. The number of hydrogen-bond acceptors (Lipinski definition) is 3. The van der Waals surface area contributed by atoms with Crippen molar-refractivity contribution in [2.45, 2.75) is 6.92 Å². The van der Waals surface area contributed by atoms with Gasteiger partial charge in [-0.05, 0) is 54.1 Å². The molecule has 5 heterocycles. The number of nitrogens with zero attached hydrogens (tertiary/aromatic N) is 4. The van der Waals surface area contributed by atoms with Crippen molar-refractivity contribution in [3.05, 3.63) is 157 Å². The quantitative estimate of drug-likeness (QED) is 0.156. The maximum absolute atomic E-state index is 4.94. The Morgan fingerprint density at radius 2 is 1.43 bits per heavy atom. The van der Waals surface area contributed by atoms with Crippen molar-refractivity contribution >= 4 is 38.9 Å². The van der Waals surface area contributed by atoms with Crippen LogP contribution in [0.15, 0.2) is 140 Å². The third-order valence-corrected chi connectivity index (χ3v) is 8.68. The Bertz CT molecular complexity index is 2360. The van der Waals surface area contributed by atoms with Crippen LogP contribution in [0.4, 0.5) is 17.1 Å². The van der Waals surface area contributed by atoms with Crippen molar-refractivity contribution in [2.24, 2.45) is 0 Å². The van der Waals surface area contributed by atoms with Crippen LogP contribution in [0.3, 0.4) is 0 Å². The predicted octanol–water partition coefficient (Wildman–Crippen LogP) is 10.3. The van der Waals surface area contributed by atoms with E-state index in [1.165, 1.54) is 50.0 Å². The van der Waals surface area contributed by atoms with Crippen molar-refractivity contribution in [1.29, 1.82) is 0 Å². The Labute approximate surface area is 281 Å². The molecule has 0 amide bonds. The van der Waals surface area contributed by atoms with Crippen molar-refractivity contribution in [3.63, 3.8) is 0 Å². The third-order valence-electron chi connectivity index (χ3n) is 8.68. The number of aromatic nitrogens is 3. The summed E-state index contributed by atoms with van der Waals surface area (Å²) in [6.45, 7) is 2.11. The van der Waals surface area contributed by atoms with Gasteiger partial charge < -0.3 is 19.4 Å². The van der Waals surface area contributed by atoms with E-state index in [9.17, 15) is 0 Å². The molecule has 0 aliphatic carbocycles. The number of aryl methyl sites for hydroxylation is 1. The summed E-state index contributed by atoms with van der Waals surface area (Å²) in [6, 6.07) is 50.8. The molecule has 0 bridgehead atoms. The SMILES string of the molecule is Cc1cnc2c(c1)N1c3ccccc3-n3c4ccccc4c4ccc(c1c43)-c1ccc[c-]c1-2.[Ir].[c-]1ccccc1-c1ccccn1. The van der Waals surface area contributed by atoms with Crippen LogP contribution in [0, 0.1) is 19.1 Å². The van der Waals surface area contributed by atoms with Crippen LogP contribution in [0.1, 0.15) is 5.56 Å². The van der Waals surface area contributed by atoms with Gasteiger partial charge in [0.15, 0.2) is 0 Å². The van der Waals surface area contributed by atoms with Gasteiger partial charge in [-0.1, -0.05) is 60.2 Å². The molecule has 0 N–H and O–H groups in total. The van der Waals surface area contributed by atoms with Crippen LogP contribution in [-0.2, 0) is 20.1 Å². The predicted molar refractivity (Wildman–Crippen MR) is 183 cm³/mol. The molecule has 0 saturated carbocycles. The Kier molecular flexibility index (Phi) is 6.87. The molecule has 221 valence electrons. The fourth-order valence-corrected chi connectivity index (χ4v) is 6.80. The van der Waals surface area contributed by atoms with Gasteiger partial charge in [0, 0.05) is 54.7 Å². The van der Waals surface area contributed by atoms with Crippen molar-refractivity contribution in [1.82, 2.24) is 14.5 Å². The van der Waals surface area contributed by atoms with E-state index in [1.54, 1.807) is 6.20 Å². The second-order valence-corrected chi connectivity index (χ2v) is 11.4. The molecule has 0 atom stereocenters. The van der Waals surface area contributed by atoms with Gasteiger partial charge in [-0.3, -0.25) is 0 Å². The molecule has 3 aromatic heterocycles. The zero-order valence-corrected chi connectivity index (χ0v) is 27.3. The topological polar surface area (TPSA) is 34.0 Å². The number of benzene rings is 5. The first-order valence-corrected chi connectivity index (χ1v) is 15.1. The zero-order valence-electron chi connectivity index (χ0n) is 24.9. The van der Waals surface area contributed by atoms with E-state index in [2.05, 4.69) is 112 Å². The maximum atomic E-state index is 4.94. The number of fused-ring (bicyclic) bond motifs is 11. The summed E-state index contributed by atoms with van der Waals surface area (Å²) in [4.78, 5) is 11.6. The van der Waals surface area contributed by atoms with E-state index >= 15 is 0 Å². The monoisotopic (exact) mass is 767 g/mol. The summed E-state index contributed by atoms with van der Waals surface area (Å²) in [5.41, 5.74) is 14.7. The number of rotatable bonds is 1. The van der Waals surface area contributed by atoms with Gasteiger partial charge in [0.2, 0.25) is 0 Å². The van der Waals surface area contributed by atoms with E-state index in [4.69, 9.17) is 4.98 Å². The molecule has 10 rings (SSSR count). The number of anilines is 3. The minimum atomic E-state index is 0. The average molecular weight is 767 g/mol. The third kappa shape index (κ3) is 4.24. The van der Waals surface area contributed by atoms with Gasteiger partial charge in [0.25, 0.3) is 0 Å². The molecule has 2 aliphatic heterocycles. The Morgan fingerprint density at radius 1 is 0.630 bits per heavy atom. The smallest absolute Gasteiger partial charge is 0.0781 e. The minimum absolute atomic E-state index is 0. The van der Waals surface area contributed by atoms with Crippen LogP contribution in [0.25, 0.3) is 61.1 Å². The molecule has 8 aromatic rings. The van der Waals surface area contributed by atoms with Crippen molar-refractivity contribution in [2.75, 3.05) is 4.90 Å². The van der Waals surface area contributed by atoms with E-state index in [1.807, 2.05) is 54.7 Å². The summed E-state index contributed by atoms with van der Waals surface area (Å²) in [5, 5.41) is 2.55. The van der Waals surface area contributed by atoms with Crippen LogP contribution < -0.4 is 4.90 Å². The fraction of sp³-hybridized carbons (Fsp3) is 0.0244. The summed E-state index contributed by atoms with van der Waals surface area (Å²) < 4.78 is 2.44. The van der Waals surface area contributed by atoms with Crippen molar-refractivity contribution < 1.29 is 20.1 Å². The zero-order chi connectivity index (χ0) is 29.9. The van der Waals surface area contributed by atoms with E-state index in [-0.39, 0.29) is 20.1 Å². The Hall–Kier alpha value is -5.35. The second-order valence-electron chi connectivity index (χ2n) is 11.4. The Balaban J connectivity index is 0.000000204. The van der Waals surface area contributed by atoms with Gasteiger partial charge >= 0.3 is 0 Å². The molecule has 5 aromatic carbocycles. The van der Waals surface area contributed by atoms with Gasteiger partial charge in [-0.15, -0.1) is 65.7 Å². The van der Waals surface area contributed by atoms with Crippen LogP contribution in [-0.4, -0.2) is 14.5 Å². The van der Waals surface area contributed by atoms with Crippen LogP contribution >= 0.6 is 0 Å². The van der Waals surface area contributed by atoms with Gasteiger partial charge in [0.05, 0.1) is 28.1 Å². The molecule has 0 saturated heterocycles. The summed E-state index contributed by atoms with van der Waals surface area (Å²) in [6.07, 6.45) is 3.75. The average Bonchev–Trinajstić information content (AvgIpc) is 3.39. The normalized spacial score (nSPS) is 11.8. The summed E-state index contributed by atoms with van der Waals surface area (Å²) in [7, 11) is 0. The Morgan fingerprint density at radius 3 is 2.28 bits per heavy atom. The number of hydrogen-bond donors (Lipinski definition) is 0. The summed E-state index contributed by atoms with van der Waals surface area (Å²) >= 11 is 0. The van der Waals surface area contributed by atoms with Crippen molar-refractivity contribution in [3.8, 4) is 39.3 Å².